The lowest BCUT2D eigenvalue weighted by Crippen LogP contribution is -2.24. The molecule has 0 saturated heterocycles. The number of fused-ring (bicyclic) bond motifs is 2. The van der Waals surface area contributed by atoms with E-state index in [2.05, 4.69) is 18.0 Å². The number of allylic oxidation sites excluding steroid dienone is 1. The highest BCUT2D eigenvalue weighted by Crippen LogP contribution is 2.48. The van der Waals surface area contributed by atoms with E-state index >= 15 is 0 Å². The summed E-state index contributed by atoms with van der Waals surface area (Å²) < 4.78 is 0. The van der Waals surface area contributed by atoms with Crippen molar-refractivity contribution in [2.45, 2.75) is 11.8 Å². The maximum Gasteiger partial charge on any atom is 0.114 e. The topological polar surface area (TPSA) is 27.1 Å². The first-order valence-electron chi connectivity index (χ1n) is 5.12. The highest BCUT2D eigenvalue weighted by molar-refractivity contribution is 8.04. The number of thioether (sulfide) groups is 1. The quantitative estimate of drug-likeness (QED) is 0.775. The second-order valence-corrected chi connectivity index (χ2v) is 5.68. The number of hydrogen-bond acceptors (Lipinski definition) is 3. The molecule has 16 heavy (non-hydrogen) atoms. The Morgan fingerprint density at radius 1 is 1.56 bits per heavy atom. The average Bonchev–Trinajstić information content (AvgIpc) is 2.75. The van der Waals surface area contributed by atoms with Crippen molar-refractivity contribution in [3.8, 4) is 0 Å². The Labute approximate surface area is 104 Å². The third-order valence-corrected chi connectivity index (χ3v) is 4.63. The highest BCUT2D eigenvalue weighted by atomic mass is 35.5. The molecule has 0 spiro atoms. The molecule has 1 aromatic rings. The summed E-state index contributed by atoms with van der Waals surface area (Å²) in [5.41, 5.74) is 3.86. The lowest BCUT2D eigenvalue weighted by atomic mass is 10.1. The third-order valence-electron chi connectivity index (χ3n) is 3.08. The molecular weight excluding hydrogens is 240 g/mol. The van der Waals surface area contributed by atoms with Gasteiger partial charge in [0.25, 0.3) is 0 Å². The van der Waals surface area contributed by atoms with Gasteiger partial charge in [0.2, 0.25) is 0 Å². The van der Waals surface area contributed by atoms with Crippen LogP contribution < -0.4 is 0 Å². The lowest BCUT2D eigenvalue weighted by Gasteiger charge is -2.21. The molecule has 1 heterocycles. The Bertz CT molecular complexity index is 510. The van der Waals surface area contributed by atoms with Gasteiger partial charge in [0.1, 0.15) is 5.37 Å². The lowest BCUT2D eigenvalue weighted by molar-refractivity contribution is 0.534. The monoisotopic (exact) mass is 250 g/mol. The van der Waals surface area contributed by atoms with Crippen LogP contribution in [-0.4, -0.2) is 23.5 Å². The van der Waals surface area contributed by atoms with Crippen molar-refractivity contribution in [2.24, 2.45) is 0 Å². The predicted molar refractivity (Wildman–Crippen MR) is 70.0 cm³/mol. The zero-order valence-corrected chi connectivity index (χ0v) is 10.4. The van der Waals surface area contributed by atoms with Gasteiger partial charge in [-0.2, -0.15) is 0 Å². The number of hydrogen-bond donors (Lipinski definition) is 1. The van der Waals surface area contributed by atoms with E-state index in [-0.39, 0.29) is 5.37 Å². The van der Waals surface area contributed by atoms with Gasteiger partial charge in [0.15, 0.2) is 0 Å². The average molecular weight is 251 g/mol. The van der Waals surface area contributed by atoms with E-state index in [1.807, 2.05) is 12.1 Å². The fourth-order valence-corrected chi connectivity index (χ4v) is 3.75. The molecule has 1 aliphatic heterocycles. The molecule has 1 atom stereocenters. The molecule has 1 aliphatic carbocycles. The van der Waals surface area contributed by atoms with Crippen molar-refractivity contribution in [3.63, 3.8) is 0 Å². The van der Waals surface area contributed by atoms with E-state index in [1.165, 1.54) is 27.9 Å². The van der Waals surface area contributed by atoms with Crippen molar-refractivity contribution in [1.82, 2.24) is 4.90 Å². The van der Waals surface area contributed by atoms with E-state index in [1.54, 1.807) is 11.8 Å². The maximum atomic E-state index is 7.39. The standard InChI is InChI=1S/C12H11ClN2S/c1-15-11(6-14)16-10-5-7-4-8(13)2-3-9(7)12(10)15/h2-4,6,11,14H,5H2,1H3. The Kier molecular flexibility index (Phi) is 2.26. The molecule has 2 nitrogen and oxygen atoms in total. The molecule has 3 rings (SSSR count). The largest absolute Gasteiger partial charge is 0.356 e. The molecule has 1 unspecified atom stereocenters. The van der Waals surface area contributed by atoms with Crippen molar-refractivity contribution in [3.05, 3.63) is 39.3 Å². The van der Waals surface area contributed by atoms with Crippen LogP contribution in [0.4, 0.5) is 0 Å². The van der Waals surface area contributed by atoms with E-state index in [9.17, 15) is 0 Å². The summed E-state index contributed by atoms with van der Waals surface area (Å²) in [6, 6.07) is 6.07. The van der Waals surface area contributed by atoms with Crippen LogP contribution in [0.2, 0.25) is 5.02 Å². The molecule has 82 valence electrons. The molecular formula is C12H11ClN2S. The molecule has 0 radical (unpaired) electrons. The van der Waals surface area contributed by atoms with Gasteiger partial charge in [-0.15, -0.1) is 0 Å². The first-order chi connectivity index (χ1) is 7.70. The van der Waals surface area contributed by atoms with Crippen LogP contribution in [0.25, 0.3) is 5.70 Å². The van der Waals surface area contributed by atoms with E-state index in [0.717, 1.165) is 11.4 Å². The molecule has 2 aliphatic rings. The van der Waals surface area contributed by atoms with E-state index in [4.69, 9.17) is 17.0 Å². The minimum atomic E-state index is 0.161. The second kappa shape index (κ2) is 3.54. The van der Waals surface area contributed by atoms with Gasteiger partial charge in [-0.1, -0.05) is 29.4 Å². The molecule has 0 bridgehead atoms. The molecule has 0 fully saturated rings. The van der Waals surface area contributed by atoms with Crippen molar-refractivity contribution in [2.75, 3.05) is 7.05 Å². The number of nitrogens with one attached hydrogen (secondary N) is 1. The normalized spacial score (nSPS) is 22.4. The van der Waals surface area contributed by atoms with Gasteiger partial charge in [-0.25, -0.2) is 0 Å². The summed E-state index contributed by atoms with van der Waals surface area (Å²) in [4.78, 5) is 3.54. The highest BCUT2D eigenvalue weighted by Gasteiger charge is 2.34. The molecule has 4 heteroatoms. The van der Waals surface area contributed by atoms with Crippen LogP contribution >= 0.6 is 23.4 Å². The maximum absolute atomic E-state index is 7.39. The summed E-state index contributed by atoms with van der Waals surface area (Å²) in [5, 5.41) is 8.36. The van der Waals surface area contributed by atoms with E-state index < -0.39 is 0 Å². The predicted octanol–water partition coefficient (Wildman–Crippen LogP) is 3.22. The minimum Gasteiger partial charge on any atom is -0.356 e. The Morgan fingerprint density at radius 3 is 3.12 bits per heavy atom. The Hall–Kier alpha value is -0.930. The Balaban J connectivity index is 2.06. The van der Waals surface area contributed by atoms with Crippen LogP contribution in [0, 0.1) is 5.41 Å². The van der Waals surface area contributed by atoms with Crippen LogP contribution in [0.1, 0.15) is 11.1 Å². The smallest absolute Gasteiger partial charge is 0.114 e. The van der Waals surface area contributed by atoms with Crippen LogP contribution in [0.15, 0.2) is 23.1 Å². The Morgan fingerprint density at radius 2 is 2.38 bits per heavy atom. The minimum absolute atomic E-state index is 0.161. The van der Waals surface area contributed by atoms with Crippen molar-refractivity contribution >= 4 is 35.3 Å². The van der Waals surface area contributed by atoms with Gasteiger partial charge in [0.05, 0.1) is 5.70 Å². The summed E-state index contributed by atoms with van der Waals surface area (Å²) in [5.74, 6) is 0. The van der Waals surface area contributed by atoms with Crippen molar-refractivity contribution < 1.29 is 0 Å². The molecule has 1 aromatic carbocycles. The molecule has 1 N–H and O–H groups in total. The van der Waals surface area contributed by atoms with Gasteiger partial charge < -0.3 is 10.3 Å². The molecule has 0 aromatic heterocycles. The first kappa shape index (κ1) is 10.2. The summed E-state index contributed by atoms with van der Waals surface area (Å²) >= 11 is 7.77. The summed E-state index contributed by atoms with van der Waals surface area (Å²) in [6.07, 6.45) is 2.46. The zero-order chi connectivity index (χ0) is 11.3. The van der Waals surface area contributed by atoms with Crippen molar-refractivity contribution in [1.29, 1.82) is 5.41 Å². The SMILES string of the molecule is CN1C2=C(Cc3cc(Cl)ccc32)SC1C=N. The van der Waals surface area contributed by atoms with Crippen LogP contribution in [0.5, 0.6) is 0 Å². The molecule has 0 saturated carbocycles. The fraction of sp³-hybridized carbons (Fsp3) is 0.250. The second-order valence-electron chi connectivity index (χ2n) is 4.04. The van der Waals surface area contributed by atoms with Gasteiger partial charge >= 0.3 is 0 Å². The number of benzene rings is 1. The van der Waals surface area contributed by atoms with Crippen LogP contribution in [0.3, 0.4) is 0 Å². The van der Waals surface area contributed by atoms with E-state index in [0.29, 0.717) is 0 Å². The number of halogens is 1. The zero-order valence-electron chi connectivity index (χ0n) is 8.83. The summed E-state index contributed by atoms with van der Waals surface area (Å²) in [7, 11) is 2.05. The third kappa shape index (κ3) is 1.31. The summed E-state index contributed by atoms with van der Waals surface area (Å²) in [6.45, 7) is 0. The van der Waals surface area contributed by atoms with Crippen LogP contribution in [-0.2, 0) is 6.42 Å². The molecule has 0 amide bonds. The van der Waals surface area contributed by atoms with Gasteiger partial charge in [-0.3, -0.25) is 0 Å². The fourth-order valence-electron chi connectivity index (χ4n) is 2.33. The first-order valence-corrected chi connectivity index (χ1v) is 6.38. The number of nitrogens with zero attached hydrogens (tertiary/aromatic N) is 1. The van der Waals surface area contributed by atoms with Gasteiger partial charge in [0, 0.05) is 35.2 Å². The number of rotatable bonds is 1. The van der Waals surface area contributed by atoms with Gasteiger partial charge in [-0.05, 0) is 17.7 Å².